The first-order valence-electron chi connectivity index (χ1n) is 6.80. The molecule has 0 unspecified atom stereocenters. The van der Waals surface area contributed by atoms with Crippen LogP contribution in [0.5, 0.6) is 5.75 Å². The number of hydrogen-bond acceptors (Lipinski definition) is 2. The van der Waals surface area contributed by atoms with Gasteiger partial charge in [-0.3, -0.25) is 0 Å². The van der Waals surface area contributed by atoms with Crippen molar-refractivity contribution in [1.29, 1.82) is 0 Å². The van der Waals surface area contributed by atoms with Crippen molar-refractivity contribution >= 4 is 0 Å². The van der Waals surface area contributed by atoms with Gasteiger partial charge in [0.2, 0.25) is 0 Å². The predicted molar refractivity (Wildman–Crippen MR) is 79.2 cm³/mol. The van der Waals surface area contributed by atoms with Crippen LogP contribution in [0, 0.1) is 5.82 Å². The standard InChI is InChI=1S/C17H20FNO/c1-12(2)15-7-8-17(16(18)9-15)20-11-14-5-3-13(10-19)4-6-14/h3-9,12H,10-11,19H2,1-2H3. The summed E-state index contributed by atoms with van der Waals surface area (Å²) < 4.78 is 19.4. The minimum atomic E-state index is -0.310. The molecule has 0 aliphatic rings. The highest BCUT2D eigenvalue weighted by atomic mass is 19.1. The minimum Gasteiger partial charge on any atom is -0.486 e. The summed E-state index contributed by atoms with van der Waals surface area (Å²) in [7, 11) is 0. The zero-order valence-electron chi connectivity index (χ0n) is 11.9. The minimum absolute atomic E-state index is 0.289. The summed E-state index contributed by atoms with van der Waals surface area (Å²) in [4.78, 5) is 0. The van der Waals surface area contributed by atoms with E-state index in [1.165, 1.54) is 6.07 Å². The SMILES string of the molecule is CC(C)c1ccc(OCc2ccc(CN)cc2)c(F)c1. The monoisotopic (exact) mass is 273 g/mol. The second-order valence-corrected chi connectivity index (χ2v) is 5.15. The molecule has 0 aliphatic carbocycles. The summed E-state index contributed by atoms with van der Waals surface area (Å²) in [5.41, 5.74) is 8.58. The molecule has 3 heteroatoms. The fraction of sp³-hybridized carbons (Fsp3) is 0.294. The number of nitrogens with two attached hydrogens (primary N) is 1. The van der Waals surface area contributed by atoms with E-state index < -0.39 is 0 Å². The molecule has 0 spiro atoms. The van der Waals surface area contributed by atoms with Gasteiger partial charge >= 0.3 is 0 Å². The van der Waals surface area contributed by atoms with Crippen LogP contribution in [0.15, 0.2) is 42.5 Å². The molecule has 0 fully saturated rings. The van der Waals surface area contributed by atoms with Gasteiger partial charge in [-0.1, -0.05) is 44.2 Å². The molecular weight excluding hydrogens is 253 g/mol. The fourth-order valence-electron chi connectivity index (χ4n) is 1.93. The second kappa shape index (κ2) is 6.53. The van der Waals surface area contributed by atoms with E-state index in [2.05, 4.69) is 0 Å². The molecular formula is C17H20FNO. The Kier molecular flexibility index (Phi) is 4.74. The Balaban J connectivity index is 2.03. The Hall–Kier alpha value is -1.87. The van der Waals surface area contributed by atoms with Crippen molar-refractivity contribution in [2.45, 2.75) is 32.9 Å². The van der Waals surface area contributed by atoms with Crippen molar-refractivity contribution in [3.63, 3.8) is 0 Å². The molecule has 106 valence electrons. The molecule has 0 radical (unpaired) electrons. The van der Waals surface area contributed by atoms with E-state index in [0.717, 1.165) is 16.7 Å². The van der Waals surface area contributed by atoms with Gasteiger partial charge in [0.05, 0.1) is 0 Å². The first-order valence-corrected chi connectivity index (χ1v) is 6.80. The van der Waals surface area contributed by atoms with Crippen LogP contribution in [0.3, 0.4) is 0 Å². The lowest BCUT2D eigenvalue weighted by Crippen LogP contribution is -2.00. The molecule has 0 bridgehead atoms. The van der Waals surface area contributed by atoms with E-state index in [1.807, 2.05) is 44.2 Å². The summed E-state index contributed by atoms with van der Waals surface area (Å²) in [6.07, 6.45) is 0. The van der Waals surface area contributed by atoms with Crippen LogP contribution in [0.2, 0.25) is 0 Å². The van der Waals surface area contributed by atoms with Crippen LogP contribution in [0.1, 0.15) is 36.5 Å². The van der Waals surface area contributed by atoms with Gasteiger partial charge < -0.3 is 10.5 Å². The lowest BCUT2D eigenvalue weighted by atomic mass is 10.0. The molecule has 0 aliphatic heterocycles. The number of hydrogen-bond donors (Lipinski definition) is 1. The highest BCUT2D eigenvalue weighted by Crippen LogP contribution is 2.23. The Bertz CT molecular complexity index is 564. The predicted octanol–water partition coefficient (Wildman–Crippen LogP) is 3.99. The third-order valence-electron chi connectivity index (χ3n) is 3.28. The van der Waals surface area contributed by atoms with Gasteiger partial charge in [-0.15, -0.1) is 0 Å². The van der Waals surface area contributed by atoms with Gasteiger partial charge in [0.1, 0.15) is 6.61 Å². The smallest absolute Gasteiger partial charge is 0.165 e. The summed E-state index contributed by atoms with van der Waals surface area (Å²) in [6.45, 7) is 4.94. The van der Waals surface area contributed by atoms with Gasteiger partial charge in [0.25, 0.3) is 0 Å². The van der Waals surface area contributed by atoms with Crippen molar-refractivity contribution in [3.05, 3.63) is 65.0 Å². The van der Waals surface area contributed by atoms with Crippen molar-refractivity contribution < 1.29 is 9.13 Å². The van der Waals surface area contributed by atoms with Crippen molar-refractivity contribution in [2.75, 3.05) is 0 Å². The summed E-state index contributed by atoms with van der Waals surface area (Å²) >= 11 is 0. The van der Waals surface area contributed by atoms with Gasteiger partial charge in [-0.2, -0.15) is 0 Å². The second-order valence-electron chi connectivity index (χ2n) is 5.15. The highest BCUT2D eigenvalue weighted by molar-refractivity contribution is 5.31. The Labute approximate surface area is 119 Å². The van der Waals surface area contributed by atoms with Crippen LogP contribution in [-0.4, -0.2) is 0 Å². The van der Waals surface area contributed by atoms with Crippen molar-refractivity contribution in [2.24, 2.45) is 5.73 Å². The number of halogens is 1. The molecule has 2 rings (SSSR count). The van der Waals surface area contributed by atoms with Crippen molar-refractivity contribution in [3.8, 4) is 5.75 Å². The average Bonchev–Trinajstić information content (AvgIpc) is 2.46. The van der Waals surface area contributed by atoms with Gasteiger partial charge in [0, 0.05) is 6.54 Å². The van der Waals surface area contributed by atoms with E-state index in [0.29, 0.717) is 19.1 Å². The number of rotatable bonds is 5. The zero-order chi connectivity index (χ0) is 14.5. The van der Waals surface area contributed by atoms with Crippen LogP contribution >= 0.6 is 0 Å². The maximum atomic E-state index is 13.9. The van der Waals surface area contributed by atoms with E-state index in [-0.39, 0.29) is 11.6 Å². The van der Waals surface area contributed by atoms with E-state index in [1.54, 1.807) is 6.07 Å². The Morgan fingerprint density at radius 1 is 1.05 bits per heavy atom. The maximum Gasteiger partial charge on any atom is 0.165 e. The van der Waals surface area contributed by atoms with E-state index in [4.69, 9.17) is 10.5 Å². The number of ether oxygens (including phenoxy) is 1. The van der Waals surface area contributed by atoms with Crippen LogP contribution < -0.4 is 10.5 Å². The largest absolute Gasteiger partial charge is 0.486 e. The third kappa shape index (κ3) is 3.58. The highest BCUT2D eigenvalue weighted by Gasteiger charge is 2.07. The van der Waals surface area contributed by atoms with Crippen molar-refractivity contribution in [1.82, 2.24) is 0 Å². The average molecular weight is 273 g/mol. The first-order chi connectivity index (χ1) is 9.60. The Morgan fingerprint density at radius 2 is 1.70 bits per heavy atom. The topological polar surface area (TPSA) is 35.2 Å². The summed E-state index contributed by atoms with van der Waals surface area (Å²) in [5.74, 6) is 0.287. The lowest BCUT2D eigenvalue weighted by molar-refractivity contribution is 0.290. The first kappa shape index (κ1) is 14.5. The van der Waals surface area contributed by atoms with Crippen LogP contribution in [0.25, 0.3) is 0 Å². The van der Waals surface area contributed by atoms with Crippen LogP contribution in [0.4, 0.5) is 4.39 Å². The quantitative estimate of drug-likeness (QED) is 0.894. The van der Waals surface area contributed by atoms with E-state index >= 15 is 0 Å². The molecule has 2 aromatic carbocycles. The summed E-state index contributed by atoms with van der Waals surface area (Å²) in [5, 5.41) is 0. The summed E-state index contributed by atoms with van der Waals surface area (Å²) in [6, 6.07) is 12.9. The molecule has 0 saturated carbocycles. The molecule has 0 heterocycles. The van der Waals surface area contributed by atoms with Crippen LogP contribution in [-0.2, 0) is 13.2 Å². The lowest BCUT2D eigenvalue weighted by Gasteiger charge is -2.10. The third-order valence-corrected chi connectivity index (χ3v) is 3.28. The molecule has 2 N–H and O–H groups in total. The molecule has 20 heavy (non-hydrogen) atoms. The molecule has 2 aromatic rings. The number of benzene rings is 2. The molecule has 0 amide bonds. The van der Waals surface area contributed by atoms with Gasteiger partial charge in [0.15, 0.2) is 11.6 Å². The molecule has 0 aromatic heterocycles. The maximum absolute atomic E-state index is 13.9. The Morgan fingerprint density at radius 3 is 2.25 bits per heavy atom. The molecule has 2 nitrogen and oxygen atoms in total. The normalized spacial score (nSPS) is 10.8. The zero-order valence-corrected chi connectivity index (χ0v) is 11.9. The molecule has 0 saturated heterocycles. The van der Waals surface area contributed by atoms with Gasteiger partial charge in [-0.05, 0) is 34.7 Å². The van der Waals surface area contributed by atoms with Gasteiger partial charge in [-0.25, -0.2) is 4.39 Å². The fourth-order valence-corrected chi connectivity index (χ4v) is 1.93. The van der Waals surface area contributed by atoms with E-state index in [9.17, 15) is 4.39 Å². The molecule has 0 atom stereocenters.